The number of carbonyl (C=O) groups excluding carboxylic acids is 1. The van der Waals surface area contributed by atoms with Crippen molar-refractivity contribution in [2.75, 3.05) is 6.61 Å². The molecule has 1 amide bonds. The van der Waals surface area contributed by atoms with Crippen LogP contribution in [0.2, 0.25) is 0 Å². The molecule has 6 heteroatoms. The molecule has 1 aliphatic rings. The van der Waals surface area contributed by atoms with Crippen molar-refractivity contribution in [1.29, 1.82) is 0 Å². The van der Waals surface area contributed by atoms with Gasteiger partial charge in [-0.1, -0.05) is 12.1 Å². The molecule has 22 heavy (non-hydrogen) atoms. The van der Waals surface area contributed by atoms with Gasteiger partial charge in [0.1, 0.15) is 6.54 Å². The van der Waals surface area contributed by atoms with E-state index in [1.807, 2.05) is 31.2 Å². The molecular weight excluding hydrogens is 282 g/mol. The average molecular weight is 303 g/mol. The van der Waals surface area contributed by atoms with Gasteiger partial charge in [0.2, 0.25) is 5.91 Å². The summed E-state index contributed by atoms with van der Waals surface area (Å²) in [6.07, 6.45) is 2.08. The highest BCUT2D eigenvalue weighted by Crippen LogP contribution is 2.15. The average Bonchev–Trinajstić information content (AvgIpc) is 3.12. The number of nitrogens with one attached hydrogen (secondary N) is 1. The predicted molar refractivity (Wildman–Crippen MR) is 83.8 cm³/mol. The lowest BCUT2D eigenvalue weighted by Crippen LogP contribution is -2.43. The minimum Gasteiger partial charge on any atom is -0.376 e. The van der Waals surface area contributed by atoms with Gasteiger partial charge in [-0.2, -0.15) is 0 Å². The van der Waals surface area contributed by atoms with E-state index in [4.69, 9.17) is 4.74 Å². The smallest absolute Gasteiger partial charge is 0.329 e. The monoisotopic (exact) mass is 303 g/mol. The zero-order valence-electron chi connectivity index (χ0n) is 12.9. The number of fused-ring (bicyclic) bond motifs is 1. The van der Waals surface area contributed by atoms with Crippen LogP contribution >= 0.6 is 0 Å². The number of rotatable bonds is 4. The second-order valence-corrected chi connectivity index (χ2v) is 5.82. The lowest BCUT2D eigenvalue weighted by atomic mass is 10.1. The van der Waals surface area contributed by atoms with Gasteiger partial charge in [-0.05, 0) is 31.9 Å². The summed E-state index contributed by atoms with van der Waals surface area (Å²) in [6.45, 7) is 2.73. The lowest BCUT2D eigenvalue weighted by molar-refractivity contribution is -0.123. The standard InChI is InChI=1S/C16H21N3O3/c1-11(14-8-5-9-22-14)17-15(20)10-19-13-7-4-3-6-12(13)18(2)16(19)21/h3-4,6-7,11,14H,5,8-10H2,1-2H3,(H,17,20). The Balaban J connectivity index is 1.77. The van der Waals surface area contributed by atoms with E-state index in [1.165, 1.54) is 4.57 Å². The number of ether oxygens (including phenoxy) is 1. The van der Waals surface area contributed by atoms with Crippen molar-refractivity contribution in [1.82, 2.24) is 14.5 Å². The number of para-hydroxylation sites is 2. The number of hydrogen-bond acceptors (Lipinski definition) is 3. The van der Waals surface area contributed by atoms with Gasteiger partial charge < -0.3 is 10.1 Å². The minimum atomic E-state index is -0.180. The third-order valence-corrected chi connectivity index (χ3v) is 4.26. The molecule has 0 bridgehead atoms. The first-order chi connectivity index (χ1) is 10.6. The van der Waals surface area contributed by atoms with Crippen LogP contribution in [-0.4, -0.2) is 33.8 Å². The van der Waals surface area contributed by atoms with Gasteiger partial charge >= 0.3 is 5.69 Å². The number of amides is 1. The molecule has 1 N–H and O–H groups in total. The van der Waals surface area contributed by atoms with E-state index in [9.17, 15) is 9.59 Å². The maximum Gasteiger partial charge on any atom is 0.329 e. The van der Waals surface area contributed by atoms with Gasteiger partial charge in [-0.15, -0.1) is 0 Å². The Labute approximate surface area is 128 Å². The first-order valence-corrected chi connectivity index (χ1v) is 7.63. The molecule has 1 aliphatic heterocycles. The highest BCUT2D eigenvalue weighted by molar-refractivity contribution is 5.81. The number of imidazole rings is 1. The summed E-state index contributed by atoms with van der Waals surface area (Å²) in [5, 5.41) is 2.94. The van der Waals surface area contributed by atoms with Crippen molar-refractivity contribution < 1.29 is 9.53 Å². The fourth-order valence-electron chi connectivity index (χ4n) is 3.05. The Morgan fingerprint density at radius 1 is 1.41 bits per heavy atom. The van der Waals surface area contributed by atoms with Gasteiger partial charge in [0.05, 0.1) is 23.2 Å². The summed E-state index contributed by atoms with van der Waals surface area (Å²) in [6, 6.07) is 7.44. The van der Waals surface area contributed by atoms with Crippen molar-refractivity contribution in [3.05, 3.63) is 34.7 Å². The molecule has 1 saturated heterocycles. The summed E-state index contributed by atoms with van der Waals surface area (Å²) >= 11 is 0. The number of hydrogen-bond donors (Lipinski definition) is 1. The van der Waals surface area contributed by atoms with Crippen LogP contribution in [0.5, 0.6) is 0 Å². The molecule has 0 aliphatic carbocycles. The largest absolute Gasteiger partial charge is 0.376 e. The van der Waals surface area contributed by atoms with Gasteiger partial charge in [-0.3, -0.25) is 13.9 Å². The Hall–Kier alpha value is -2.08. The SMILES string of the molecule is CC(NC(=O)Cn1c(=O)n(C)c2ccccc21)C1CCCO1. The van der Waals surface area contributed by atoms with E-state index in [2.05, 4.69) is 5.32 Å². The van der Waals surface area contributed by atoms with E-state index < -0.39 is 0 Å². The number of benzene rings is 1. The fraction of sp³-hybridized carbons (Fsp3) is 0.500. The number of aryl methyl sites for hydroxylation is 1. The molecule has 3 rings (SSSR count). The van der Waals surface area contributed by atoms with Crippen LogP contribution in [0.4, 0.5) is 0 Å². The van der Waals surface area contributed by atoms with E-state index in [-0.39, 0.29) is 30.3 Å². The van der Waals surface area contributed by atoms with Gasteiger partial charge in [-0.25, -0.2) is 4.79 Å². The molecule has 2 unspecified atom stereocenters. The highest BCUT2D eigenvalue weighted by Gasteiger charge is 2.24. The van der Waals surface area contributed by atoms with Crippen LogP contribution in [0.15, 0.2) is 29.1 Å². The molecule has 1 aromatic heterocycles. The summed E-state index contributed by atoms with van der Waals surface area (Å²) in [5.74, 6) is -0.165. The topological polar surface area (TPSA) is 65.3 Å². The van der Waals surface area contributed by atoms with E-state index >= 15 is 0 Å². The Morgan fingerprint density at radius 3 is 2.82 bits per heavy atom. The Kier molecular flexibility index (Phi) is 4.02. The molecule has 0 radical (unpaired) electrons. The van der Waals surface area contributed by atoms with Crippen LogP contribution in [-0.2, 0) is 23.1 Å². The van der Waals surface area contributed by atoms with Crippen LogP contribution < -0.4 is 11.0 Å². The normalized spacial score (nSPS) is 19.5. The quantitative estimate of drug-likeness (QED) is 0.917. The number of carbonyl (C=O) groups is 1. The molecule has 1 aromatic carbocycles. The Bertz CT molecular complexity index is 741. The van der Waals surface area contributed by atoms with E-state index in [0.29, 0.717) is 0 Å². The molecule has 0 spiro atoms. The van der Waals surface area contributed by atoms with Crippen molar-refractivity contribution in [3.8, 4) is 0 Å². The maximum atomic E-state index is 12.3. The first-order valence-electron chi connectivity index (χ1n) is 7.63. The van der Waals surface area contributed by atoms with Crippen molar-refractivity contribution >= 4 is 16.9 Å². The molecule has 2 aromatic rings. The summed E-state index contributed by atoms with van der Waals surface area (Å²) in [7, 11) is 1.72. The summed E-state index contributed by atoms with van der Waals surface area (Å²) < 4.78 is 8.64. The second kappa shape index (κ2) is 5.96. The van der Waals surface area contributed by atoms with Crippen LogP contribution in [0.3, 0.4) is 0 Å². The number of nitrogens with zero attached hydrogens (tertiary/aromatic N) is 2. The molecule has 2 heterocycles. The van der Waals surface area contributed by atoms with E-state index in [0.717, 1.165) is 30.5 Å². The molecule has 6 nitrogen and oxygen atoms in total. The van der Waals surface area contributed by atoms with Crippen molar-refractivity contribution in [2.24, 2.45) is 7.05 Å². The summed E-state index contributed by atoms with van der Waals surface area (Å²) in [5.41, 5.74) is 1.42. The predicted octanol–water partition coefficient (Wildman–Crippen LogP) is 1.02. The van der Waals surface area contributed by atoms with E-state index in [1.54, 1.807) is 11.6 Å². The maximum absolute atomic E-state index is 12.3. The summed E-state index contributed by atoms with van der Waals surface area (Å²) in [4.78, 5) is 24.5. The van der Waals surface area contributed by atoms with Crippen molar-refractivity contribution in [3.63, 3.8) is 0 Å². The van der Waals surface area contributed by atoms with Crippen LogP contribution in [0.1, 0.15) is 19.8 Å². The van der Waals surface area contributed by atoms with Crippen molar-refractivity contribution in [2.45, 2.75) is 38.5 Å². The lowest BCUT2D eigenvalue weighted by Gasteiger charge is -2.20. The highest BCUT2D eigenvalue weighted by atomic mass is 16.5. The first kappa shape index (κ1) is 14.8. The number of aromatic nitrogens is 2. The van der Waals surface area contributed by atoms with Gasteiger partial charge in [0.25, 0.3) is 0 Å². The third-order valence-electron chi connectivity index (χ3n) is 4.26. The zero-order valence-corrected chi connectivity index (χ0v) is 12.9. The van der Waals surface area contributed by atoms with Crippen LogP contribution in [0, 0.1) is 0 Å². The minimum absolute atomic E-state index is 0.0250. The fourth-order valence-corrected chi connectivity index (χ4v) is 3.05. The molecule has 1 fully saturated rings. The van der Waals surface area contributed by atoms with Crippen LogP contribution in [0.25, 0.3) is 11.0 Å². The van der Waals surface area contributed by atoms with Gasteiger partial charge in [0, 0.05) is 13.7 Å². The Morgan fingerprint density at radius 2 is 2.14 bits per heavy atom. The molecule has 0 saturated carbocycles. The third kappa shape index (κ3) is 2.66. The molecule has 118 valence electrons. The molecule has 2 atom stereocenters. The zero-order chi connectivity index (χ0) is 15.7. The van der Waals surface area contributed by atoms with Gasteiger partial charge in [0.15, 0.2) is 0 Å². The molecular formula is C16H21N3O3. The second-order valence-electron chi connectivity index (χ2n) is 5.82.